The second kappa shape index (κ2) is 68.3. The van der Waals surface area contributed by atoms with Gasteiger partial charge in [0.1, 0.15) is 36.9 Å². The molecule has 0 saturated carbocycles. The zero-order valence-electron chi connectivity index (χ0n) is 66.1. The van der Waals surface area contributed by atoms with Crippen LogP contribution in [0.25, 0.3) is 0 Å². The number of ether oxygens (including phenoxy) is 6. The maximum atomic E-state index is 14.7. The molecule has 1 fully saturated rings. The number of hydrogen-bond donors (Lipinski definition) is 6. The van der Waals surface area contributed by atoms with Gasteiger partial charge in [0.2, 0.25) is 17.7 Å². The highest BCUT2D eigenvalue weighted by Crippen LogP contribution is 2.36. The smallest absolute Gasteiger partial charge is 0.350 e. The average Bonchev–Trinajstić information content (AvgIpc) is 1.67. The number of aliphatic hydroxyl groups is 1. The molecule has 6 N–H and O–H groups in total. The lowest BCUT2D eigenvalue weighted by atomic mass is 9.98. The summed E-state index contributed by atoms with van der Waals surface area (Å²) in [5, 5.41) is 20.2. The van der Waals surface area contributed by atoms with Crippen LogP contribution in [0.15, 0.2) is 0 Å². The molecule has 0 aromatic rings. The Morgan fingerprint density at radius 2 is 0.676 bits per heavy atom. The van der Waals surface area contributed by atoms with E-state index in [0.29, 0.717) is 38.5 Å². The lowest BCUT2D eigenvalue weighted by Crippen LogP contribution is -2.52. The van der Waals surface area contributed by atoms with Gasteiger partial charge in [0.05, 0.1) is 44.6 Å². The summed E-state index contributed by atoms with van der Waals surface area (Å²) in [6.07, 6.45) is 45.6. The van der Waals surface area contributed by atoms with Gasteiger partial charge in [0, 0.05) is 25.8 Å². The Hall–Kier alpha value is -3.19. The number of hydrogen-bond acceptors (Lipinski definition) is 14. The fourth-order valence-corrected chi connectivity index (χ4v) is 14.1. The third-order valence-electron chi connectivity index (χ3n) is 19.9. The second-order valence-corrected chi connectivity index (χ2v) is 31.5. The molecule has 1 heterocycles. The zero-order valence-corrected chi connectivity index (χ0v) is 66.9. The minimum absolute atomic E-state index is 0.0360. The van der Waals surface area contributed by atoms with Gasteiger partial charge < -0.3 is 59.3 Å². The lowest BCUT2D eigenvalue weighted by molar-refractivity contribution is -0.206. The number of nitrogens with one attached hydrogen (secondary N) is 3. The van der Waals surface area contributed by atoms with E-state index in [1.54, 1.807) is 0 Å². The largest absolute Gasteiger partial charge is 0.462 e. The standard InChI is InChI=1S/C82H156N3O16P/c1-7-13-19-25-31-34-40-43-49-55-69(98-78(90)58-52-46-37-28-22-16-10-4)63-75(87)83-61-62-96-82-73(85-77(89)65-71(57-51-45-42-36-33-27-21-15-9-3)100-80(92)60-54-48-39-30-24-18-12-6)66-72(81(74(67-86)101-82)97-68-102(93,94)95)84-76(88)64-70(56-50-44-41-35-32-26-20-14-8-2)99-79(91)59-53-47-38-29-23-17-11-5/h69-74,81-82,86H,7-68H2,1-6H3,(H,83,87)(H,84,88)(H,85,89)(H2,93,94,95)/t69-,70-,71-,72?,73?,74?,81+,82-/m1/s1. The summed E-state index contributed by atoms with van der Waals surface area (Å²) in [5.74, 6) is -2.47. The first-order valence-corrected chi connectivity index (χ1v) is 44.3. The van der Waals surface area contributed by atoms with Crippen LogP contribution < -0.4 is 16.0 Å². The molecular weight excluding hydrogens is 1310 g/mol. The van der Waals surface area contributed by atoms with Crippen molar-refractivity contribution in [2.75, 3.05) is 26.1 Å². The van der Waals surface area contributed by atoms with Crippen molar-refractivity contribution in [2.45, 2.75) is 463 Å². The quantitative estimate of drug-likeness (QED) is 0.0143. The number of amides is 3. The van der Waals surface area contributed by atoms with Crippen molar-refractivity contribution in [1.29, 1.82) is 0 Å². The van der Waals surface area contributed by atoms with Crippen molar-refractivity contribution in [3.63, 3.8) is 0 Å². The normalized spacial score (nSPS) is 17.2. The predicted octanol–water partition coefficient (Wildman–Crippen LogP) is 19.8. The molecule has 3 amide bonds. The maximum Gasteiger partial charge on any atom is 0.350 e. The van der Waals surface area contributed by atoms with E-state index in [0.717, 1.165) is 180 Å². The van der Waals surface area contributed by atoms with Crippen LogP contribution in [0.2, 0.25) is 0 Å². The molecule has 1 aliphatic rings. The average molecular weight is 1470 g/mol. The van der Waals surface area contributed by atoms with Crippen molar-refractivity contribution < 1.29 is 76.6 Å². The molecule has 0 aromatic heterocycles. The van der Waals surface area contributed by atoms with Crippen molar-refractivity contribution in [3.05, 3.63) is 0 Å². The summed E-state index contributed by atoms with van der Waals surface area (Å²) in [5.41, 5.74) is 0. The molecule has 102 heavy (non-hydrogen) atoms. The number of carbonyl (C=O) groups is 6. The van der Waals surface area contributed by atoms with Gasteiger partial charge in [-0.2, -0.15) is 0 Å². The maximum absolute atomic E-state index is 14.7. The number of rotatable bonds is 73. The summed E-state index contributed by atoms with van der Waals surface area (Å²) >= 11 is 0. The fourth-order valence-electron chi connectivity index (χ4n) is 13.8. The Labute approximate surface area is 621 Å². The van der Waals surface area contributed by atoms with Crippen LogP contribution in [0.4, 0.5) is 0 Å². The molecule has 1 rings (SSSR count). The molecule has 0 aromatic carbocycles. The van der Waals surface area contributed by atoms with Gasteiger partial charge in [-0.05, 0) is 64.2 Å². The zero-order chi connectivity index (χ0) is 74.8. The molecular formula is C82H156N3O16P. The van der Waals surface area contributed by atoms with E-state index in [9.17, 15) is 48.2 Å². The summed E-state index contributed by atoms with van der Waals surface area (Å²) in [4.78, 5) is 104. The highest BCUT2D eigenvalue weighted by Gasteiger charge is 2.44. The molecule has 8 atom stereocenters. The van der Waals surface area contributed by atoms with Crippen LogP contribution in [0.1, 0.15) is 414 Å². The molecule has 19 nitrogen and oxygen atoms in total. The lowest BCUT2D eigenvalue weighted by Gasteiger charge is -2.31. The Morgan fingerprint density at radius 3 is 0.980 bits per heavy atom. The van der Waals surface area contributed by atoms with Crippen molar-refractivity contribution in [1.82, 2.24) is 16.0 Å². The van der Waals surface area contributed by atoms with Gasteiger partial charge >= 0.3 is 25.5 Å². The summed E-state index contributed by atoms with van der Waals surface area (Å²) in [7, 11) is -4.87. The molecule has 0 spiro atoms. The van der Waals surface area contributed by atoms with Gasteiger partial charge in [0.15, 0.2) is 6.29 Å². The molecule has 0 bridgehead atoms. The van der Waals surface area contributed by atoms with E-state index < -0.39 is 81.3 Å². The van der Waals surface area contributed by atoms with E-state index in [-0.39, 0.29) is 75.5 Å². The fraction of sp³-hybridized carbons (Fsp3) is 0.927. The SMILES string of the molecule is CCCCCCCCCCC[C@H](CC(=O)NCCO[C@@H]1OC(CO)[C@@H](OCP(=O)(O)O)C(NC(=O)C[C@@H](CCCCCCCCCCC)OC(=O)CCCCCCCCC)CC1NC(=O)C[C@@H](CCCCCCCCCCC)OC(=O)CCCCCCCCC)OC(=O)CCCCCCCCC. The van der Waals surface area contributed by atoms with Gasteiger partial charge in [-0.25, -0.2) is 0 Å². The molecule has 0 aliphatic carbocycles. The Balaban J connectivity index is 3.69. The molecule has 600 valence electrons. The van der Waals surface area contributed by atoms with Crippen LogP contribution in [-0.2, 0) is 61.8 Å². The van der Waals surface area contributed by atoms with E-state index >= 15 is 0 Å². The van der Waals surface area contributed by atoms with Crippen LogP contribution in [0.3, 0.4) is 0 Å². The summed E-state index contributed by atoms with van der Waals surface area (Å²) < 4.78 is 49.7. The first kappa shape index (κ1) is 96.8. The monoisotopic (exact) mass is 1470 g/mol. The Kier molecular flexibility index (Phi) is 64.9. The number of carbonyl (C=O) groups excluding carboxylic acids is 6. The molecule has 1 saturated heterocycles. The molecule has 1 aliphatic heterocycles. The van der Waals surface area contributed by atoms with Crippen LogP contribution in [0, 0.1) is 0 Å². The molecule has 20 heteroatoms. The predicted molar refractivity (Wildman–Crippen MR) is 412 cm³/mol. The van der Waals surface area contributed by atoms with E-state index in [2.05, 4.69) is 57.5 Å². The van der Waals surface area contributed by atoms with E-state index in [4.69, 9.17) is 28.4 Å². The first-order chi connectivity index (χ1) is 49.5. The van der Waals surface area contributed by atoms with E-state index in [1.165, 1.54) is 116 Å². The number of esters is 3. The van der Waals surface area contributed by atoms with Crippen LogP contribution >= 0.6 is 7.60 Å². The van der Waals surface area contributed by atoms with E-state index in [1.807, 2.05) is 0 Å². The molecule has 3 unspecified atom stereocenters. The minimum Gasteiger partial charge on any atom is -0.462 e. The summed E-state index contributed by atoms with van der Waals surface area (Å²) in [6.45, 7) is 12.2. The number of aliphatic hydroxyl groups excluding tert-OH is 1. The highest BCUT2D eigenvalue weighted by atomic mass is 31.2. The van der Waals surface area contributed by atoms with Crippen molar-refractivity contribution in [3.8, 4) is 0 Å². The van der Waals surface area contributed by atoms with Gasteiger partial charge in [0.25, 0.3) is 0 Å². The van der Waals surface area contributed by atoms with Gasteiger partial charge in [-0.1, -0.05) is 311 Å². The van der Waals surface area contributed by atoms with Gasteiger partial charge in [-0.15, -0.1) is 0 Å². The topological polar surface area (TPSA) is 272 Å². The molecule has 0 radical (unpaired) electrons. The van der Waals surface area contributed by atoms with Crippen LogP contribution in [0.5, 0.6) is 0 Å². The van der Waals surface area contributed by atoms with Crippen LogP contribution in [-0.4, -0.2) is 126 Å². The first-order valence-electron chi connectivity index (χ1n) is 42.5. The third-order valence-corrected chi connectivity index (χ3v) is 20.4. The third kappa shape index (κ3) is 58.0. The van der Waals surface area contributed by atoms with Crippen molar-refractivity contribution in [2.24, 2.45) is 0 Å². The Morgan fingerprint density at radius 1 is 0.392 bits per heavy atom. The highest BCUT2D eigenvalue weighted by molar-refractivity contribution is 7.51. The number of unbranched alkanes of at least 4 members (excludes halogenated alkanes) is 42. The van der Waals surface area contributed by atoms with Gasteiger partial charge in [-0.3, -0.25) is 33.3 Å². The second-order valence-electron chi connectivity index (χ2n) is 29.9. The Bertz CT molecular complexity index is 2070. The minimum atomic E-state index is -4.87. The van der Waals surface area contributed by atoms with Crippen molar-refractivity contribution >= 4 is 43.2 Å². The summed E-state index contributed by atoms with van der Waals surface area (Å²) in [6, 6.07) is -2.30.